The molecule has 0 aromatic carbocycles. The standard InChI is InChI=1S/C21H26N6O2/c1-14-9-15(2)26(23-14)8-6-20(28)25-7-5-19-17(11-25)21(18-12-29-13-22-18)24-27(19)10-16-3-4-16/h9,12-13,16H,3-8,10-11H2,1-2H3. The van der Waals surface area contributed by atoms with Gasteiger partial charge in [0.05, 0.1) is 5.69 Å². The van der Waals surface area contributed by atoms with Crippen molar-refractivity contribution in [2.24, 2.45) is 5.92 Å². The number of carbonyl (C=O) groups is 1. The van der Waals surface area contributed by atoms with E-state index >= 15 is 0 Å². The summed E-state index contributed by atoms with van der Waals surface area (Å²) in [5.41, 5.74) is 6.03. The Morgan fingerprint density at radius 2 is 2.10 bits per heavy atom. The van der Waals surface area contributed by atoms with E-state index in [1.165, 1.54) is 24.9 Å². The number of hydrogen-bond donors (Lipinski definition) is 0. The first-order valence-corrected chi connectivity index (χ1v) is 10.3. The molecule has 0 saturated heterocycles. The van der Waals surface area contributed by atoms with E-state index in [1.54, 1.807) is 6.26 Å². The Morgan fingerprint density at radius 1 is 1.24 bits per heavy atom. The zero-order chi connectivity index (χ0) is 20.0. The summed E-state index contributed by atoms with van der Waals surface area (Å²) in [4.78, 5) is 19.2. The second kappa shape index (κ2) is 7.17. The lowest BCUT2D eigenvalue weighted by molar-refractivity contribution is -0.132. The first kappa shape index (κ1) is 18.1. The lowest BCUT2D eigenvalue weighted by Gasteiger charge is -2.28. The minimum atomic E-state index is 0.157. The normalized spacial score (nSPS) is 16.3. The molecule has 0 atom stereocenters. The van der Waals surface area contributed by atoms with Crippen molar-refractivity contribution in [2.75, 3.05) is 6.54 Å². The minimum Gasteiger partial charge on any atom is -0.451 e. The van der Waals surface area contributed by atoms with Crippen molar-refractivity contribution in [3.05, 3.63) is 41.4 Å². The number of aryl methyl sites for hydroxylation is 3. The molecule has 1 saturated carbocycles. The molecule has 29 heavy (non-hydrogen) atoms. The molecule has 0 spiro atoms. The highest BCUT2D eigenvalue weighted by Crippen LogP contribution is 2.34. The second-order valence-electron chi connectivity index (χ2n) is 8.24. The number of amides is 1. The van der Waals surface area contributed by atoms with Crippen LogP contribution in [0.3, 0.4) is 0 Å². The highest BCUT2D eigenvalue weighted by Gasteiger charge is 2.31. The van der Waals surface area contributed by atoms with E-state index in [-0.39, 0.29) is 5.91 Å². The third kappa shape index (κ3) is 3.59. The Labute approximate surface area is 169 Å². The van der Waals surface area contributed by atoms with Gasteiger partial charge in [-0.2, -0.15) is 10.2 Å². The first-order valence-electron chi connectivity index (χ1n) is 10.3. The smallest absolute Gasteiger partial charge is 0.224 e. The number of aromatic nitrogens is 5. The van der Waals surface area contributed by atoms with Gasteiger partial charge in [-0.15, -0.1) is 0 Å². The number of nitrogens with zero attached hydrogens (tertiary/aromatic N) is 6. The molecule has 1 aliphatic carbocycles. The van der Waals surface area contributed by atoms with Gasteiger partial charge in [-0.1, -0.05) is 0 Å². The summed E-state index contributed by atoms with van der Waals surface area (Å²) in [7, 11) is 0. The average molecular weight is 394 g/mol. The SMILES string of the molecule is Cc1cc(C)n(CCC(=O)N2CCc3c(c(-c4cocn4)nn3CC3CC3)C2)n1. The molecule has 3 aromatic rings. The van der Waals surface area contributed by atoms with Gasteiger partial charge in [-0.3, -0.25) is 14.2 Å². The summed E-state index contributed by atoms with van der Waals surface area (Å²) in [5, 5.41) is 9.32. The van der Waals surface area contributed by atoms with Crippen molar-refractivity contribution >= 4 is 5.91 Å². The molecule has 1 aliphatic heterocycles. The van der Waals surface area contributed by atoms with Crippen LogP contribution in [-0.2, 0) is 30.8 Å². The zero-order valence-corrected chi connectivity index (χ0v) is 17.0. The van der Waals surface area contributed by atoms with Crippen molar-refractivity contribution in [3.63, 3.8) is 0 Å². The molecule has 2 aliphatic rings. The monoisotopic (exact) mass is 394 g/mol. The van der Waals surface area contributed by atoms with Crippen molar-refractivity contribution in [1.29, 1.82) is 0 Å². The Bertz CT molecular complexity index is 1030. The lowest BCUT2D eigenvalue weighted by atomic mass is 10.0. The molecule has 8 nitrogen and oxygen atoms in total. The number of fused-ring (bicyclic) bond motifs is 1. The van der Waals surface area contributed by atoms with Crippen molar-refractivity contribution in [1.82, 2.24) is 29.4 Å². The molecule has 5 rings (SSSR count). The topological polar surface area (TPSA) is 82.0 Å². The average Bonchev–Trinajstić information content (AvgIpc) is 3.10. The van der Waals surface area contributed by atoms with Crippen LogP contribution >= 0.6 is 0 Å². The third-order valence-corrected chi connectivity index (χ3v) is 5.93. The van der Waals surface area contributed by atoms with E-state index < -0.39 is 0 Å². The fourth-order valence-electron chi connectivity index (χ4n) is 4.20. The molecule has 8 heteroatoms. The van der Waals surface area contributed by atoms with Gasteiger partial charge < -0.3 is 9.32 Å². The summed E-state index contributed by atoms with van der Waals surface area (Å²) in [6.45, 7) is 6.89. The summed E-state index contributed by atoms with van der Waals surface area (Å²) < 4.78 is 9.25. The molecule has 152 valence electrons. The van der Waals surface area contributed by atoms with Gasteiger partial charge in [0.2, 0.25) is 5.91 Å². The van der Waals surface area contributed by atoms with Crippen LogP contribution < -0.4 is 0 Å². The summed E-state index contributed by atoms with van der Waals surface area (Å²) in [5.74, 6) is 0.897. The van der Waals surface area contributed by atoms with Crippen LogP contribution in [0.2, 0.25) is 0 Å². The Kier molecular flexibility index (Phi) is 4.49. The quantitative estimate of drug-likeness (QED) is 0.642. The van der Waals surface area contributed by atoms with Gasteiger partial charge in [0.25, 0.3) is 0 Å². The van der Waals surface area contributed by atoms with Crippen molar-refractivity contribution in [2.45, 2.75) is 59.2 Å². The van der Waals surface area contributed by atoms with Gasteiger partial charge in [-0.05, 0) is 38.7 Å². The van der Waals surface area contributed by atoms with E-state index in [9.17, 15) is 4.79 Å². The number of rotatable bonds is 6. The fraction of sp³-hybridized carbons (Fsp3) is 0.524. The van der Waals surface area contributed by atoms with Crippen LogP contribution in [0.15, 0.2) is 23.1 Å². The van der Waals surface area contributed by atoms with Crippen LogP contribution in [0.5, 0.6) is 0 Å². The predicted octanol–water partition coefficient (Wildman–Crippen LogP) is 2.74. The van der Waals surface area contributed by atoms with Gasteiger partial charge in [-0.25, -0.2) is 4.98 Å². The molecule has 0 radical (unpaired) electrons. The largest absolute Gasteiger partial charge is 0.451 e. The molecule has 0 unspecified atom stereocenters. The van der Waals surface area contributed by atoms with Crippen LogP contribution in [0.1, 0.15) is 41.9 Å². The van der Waals surface area contributed by atoms with Crippen LogP contribution in [0.25, 0.3) is 11.4 Å². The molecular formula is C21H26N6O2. The van der Waals surface area contributed by atoms with Crippen LogP contribution in [-0.4, -0.2) is 41.9 Å². The summed E-state index contributed by atoms with van der Waals surface area (Å²) in [6, 6.07) is 2.04. The zero-order valence-electron chi connectivity index (χ0n) is 17.0. The van der Waals surface area contributed by atoms with Gasteiger partial charge in [0.1, 0.15) is 17.7 Å². The fourth-order valence-corrected chi connectivity index (χ4v) is 4.20. The highest BCUT2D eigenvalue weighted by molar-refractivity contribution is 5.77. The van der Waals surface area contributed by atoms with Crippen molar-refractivity contribution < 1.29 is 9.21 Å². The molecule has 4 heterocycles. The second-order valence-corrected chi connectivity index (χ2v) is 8.24. The molecule has 3 aromatic heterocycles. The number of oxazole rings is 1. The maximum Gasteiger partial charge on any atom is 0.224 e. The van der Waals surface area contributed by atoms with Gasteiger partial charge in [0, 0.05) is 56.0 Å². The van der Waals surface area contributed by atoms with E-state index in [4.69, 9.17) is 9.52 Å². The summed E-state index contributed by atoms with van der Waals surface area (Å²) >= 11 is 0. The minimum absolute atomic E-state index is 0.157. The highest BCUT2D eigenvalue weighted by atomic mass is 16.3. The number of hydrogen-bond acceptors (Lipinski definition) is 5. The third-order valence-electron chi connectivity index (χ3n) is 5.93. The molecule has 1 fully saturated rings. The Balaban J connectivity index is 1.34. The Morgan fingerprint density at radius 3 is 2.79 bits per heavy atom. The van der Waals surface area contributed by atoms with E-state index in [0.717, 1.165) is 53.8 Å². The molecule has 0 bridgehead atoms. The Hall–Kier alpha value is -2.90. The maximum absolute atomic E-state index is 12.9. The number of carbonyl (C=O) groups excluding carboxylic acids is 1. The maximum atomic E-state index is 12.9. The summed E-state index contributed by atoms with van der Waals surface area (Å²) in [6.07, 6.45) is 6.91. The van der Waals surface area contributed by atoms with Gasteiger partial charge in [0.15, 0.2) is 6.39 Å². The van der Waals surface area contributed by atoms with Crippen molar-refractivity contribution in [3.8, 4) is 11.4 Å². The molecule has 0 N–H and O–H groups in total. The van der Waals surface area contributed by atoms with E-state index in [0.29, 0.717) is 19.5 Å². The first-order chi connectivity index (χ1) is 14.1. The van der Waals surface area contributed by atoms with Crippen LogP contribution in [0, 0.1) is 19.8 Å². The predicted molar refractivity (Wildman–Crippen MR) is 106 cm³/mol. The molecular weight excluding hydrogens is 368 g/mol. The van der Waals surface area contributed by atoms with Crippen LogP contribution in [0.4, 0.5) is 0 Å². The molecule has 1 amide bonds. The van der Waals surface area contributed by atoms with Gasteiger partial charge >= 0.3 is 0 Å². The van der Waals surface area contributed by atoms with E-state index in [2.05, 4.69) is 14.8 Å². The van der Waals surface area contributed by atoms with E-state index in [1.807, 2.05) is 29.5 Å². The lowest BCUT2D eigenvalue weighted by Crippen LogP contribution is -2.37.